The first-order valence-electron chi connectivity index (χ1n) is 7.74. The number of anilines is 1. The Balaban J connectivity index is 2.61. The molecule has 2 aromatic rings. The summed E-state index contributed by atoms with van der Waals surface area (Å²) in [6, 6.07) is 11.6. The Morgan fingerprint density at radius 1 is 1.12 bits per heavy atom. The minimum absolute atomic E-state index is 0.107. The molecule has 0 amide bonds. The van der Waals surface area contributed by atoms with E-state index in [2.05, 4.69) is 0 Å². The standard InChI is InChI=1S/C18H22ClNO3S/c1-13(2)11-20(18-10-16(19)7-6-15(18)12-21)24(22,23)17-8-4-14(3)5-9-17/h4-10,13,21H,11-12H2,1-3H3. The molecule has 0 saturated carbocycles. The molecule has 1 N–H and O–H groups in total. The van der Waals surface area contributed by atoms with Crippen LogP contribution in [0.15, 0.2) is 47.4 Å². The molecule has 0 unspecified atom stereocenters. The minimum atomic E-state index is -3.75. The lowest BCUT2D eigenvalue weighted by molar-refractivity contribution is 0.282. The molecule has 0 aromatic heterocycles. The second-order valence-electron chi connectivity index (χ2n) is 6.17. The van der Waals surface area contributed by atoms with Crippen LogP contribution in [0.2, 0.25) is 5.02 Å². The van der Waals surface area contributed by atoms with E-state index in [0.29, 0.717) is 22.8 Å². The van der Waals surface area contributed by atoms with Crippen molar-refractivity contribution in [3.8, 4) is 0 Å². The van der Waals surface area contributed by atoms with Gasteiger partial charge in [-0.25, -0.2) is 8.42 Å². The van der Waals surface area contributed by atoms with Crippen molar-refractivity contribution in [1.29, 1.82) is 0 Å². The predicted octanol–water partition coefficient (Wildman–Crippen LogP) is 3.99. The van der Waals surface area contributed by atoms with E-state index in [1.165, 1.54) is 4.31 Å². The minimum Gasteiger partial charge on any atom is -0.392 e. The van der Waals surface area contributed by atoms with Gasteiger partial charge in [0.15, 0.2) is 0 Å². The van der Waals surface area contributed by atoms with Crippen molar-refractivity contribution in [2.75, 3.05) is 10.8 Å². The molecule has 6 heteroatoms. The smallest absolute Gasteiger partial charge is 0.264 e. The molecule has 2 aromatic carbocycles. The van der Waals surface area contributed by atoms with E-state index in [4.69, 9.17) is 11.6 Å². The predicted molar refractivity (Wildman–Crippen MR) is 97.9 cm³/mol. The van der Waals surface area contributed by atoms with Gasteiger partial charge in [0.1, 0.15) is 0 Å². The highest BCUT2D eigenvalue weighted by Gasteiger charge is 2.27. The summed E-state index contributed by atoms with van der Waals surface area (Å²) in [5.41, 5.74) is 1.93. The van der Waals surface area contributed by atoms with Gasteiger partial charge in [-0.3, -0.25) is 4.31 Å². The Kier molecular flexibility index (Phi) is 5.91. The summed E-state index contributed by atoms with van der Waals surface area (Å²) < 4.78 is 27.7. The van der Waals surface area contributed by atoms with Crippen LogP contribution in [-0.2, 0) is 16.6 Å². The highest BCUT2D eigenvalue weighted by atomic mass is 35.5. The third kappa shape index (κ3) is 4.09. The first-order chi connectivity index (χ1) is 11.3. The zero-order valence-corrected chi connectivity index (χ0v) is 15.6. The number of sulfonamides is 1. The highest BCUT2D eigenvalue weighted by Crippen LogP contribution is 2.31. The number of hydrogen-bond acceptors (Lipinski definition) is 3. The fourth-order valence-corrected chi connectivity index (χ4v) is 4.22. The van der Waals surface area contributed by atoms with Crippen molar-refractivity contribution in [3.63, 3.8) is 0 Å². The maximum Gasteiger partial charge on any atom is 0.264 e. The van der Waals surface area contributed by atoms with Crippen molar-refractivity contribution < 1.29 is 13.5 Å². The van der Waals surface area contributed by atoms with Gasteiger partial charge < -0.3 is 5.11 Å². The zero-order valence-electron chi connectivity index (χ0n) is 14.0. The maximum absolute atomic E-state index is 13.2. The number of aliphatic hydroxyl groups is 1. The average molecular weight is 368 g/mol. The van der Waals surface area contributed by atoms with Gasteiger partial charge in [0, 0.05) is 17.1 Å². The summed E-state index contributed by atoms with van der Waals surface area (Å²) in [6.07, 6.45) is 0. The SMILES string of the molecule is Cc1ccc(S(=O)(=O)N(CC(C)C)c2cc(Cl)ccc2CO)cc1. The Hall–Kier alpha value is -1.56. The quantitative estimate of drug-likeness (QED) is 0.839. The summed E-state index contributed by atoms with van der Waals surface area (Å²) >= 11 is 6.07. The Labute approximate surface area is 148 Å². The van der Waals surface area contributed by atoms with E-state index in [-0.39, 0.29) is 17.4 Å². The van der Waals surface area contributed by atoms with Gasteiger partial charge in [-0.2, -0.15) is 0 Å². The lowest BCUT2D eigenvalue weighted by Crippen LogP contribution is -2.35. The molecule has 0 fully saturated rings. The van der Waals surface area contributed by atoms with Crippen molar-refractivity contribution in [1.82, 2.24) is 0 Å². The van der Waals surface area contributed by atoms with E-state index in [0.717, 1.165) is 5.56 Å². The van der Waals surface area contributed by atoms with E-state index in [1.54, 1.807) is 42.5 Å². The third-order valence-corrected chi connectivity index (χ3v) is 5.66. The first kappa shape index (κ1) is 18.8. The van der Waals surface area contributed by atoms with Gasteiger partial charge in [0.2, 0.25) is 0 Å². The van der Waals surface area contributed by atoms with Crippen LogP contribution < -0.4 is 4.31 Å². The van der Waals surface area contributed by atoms with Crippen molar-refractivity contribution in [2.24, 2.45) is 5.92 Å². The monoisotopic (exact) mass is 367 g/mol. The number of benzene rings is 2. The molecule has 0 aliphatic heterocycles. The van der Waals surface area contributed by atoms with E-state index >= 15 is 0 Å². The van der Waals surface area contributed by atoms with Crippen LogP contribution in [0.4, 0.5) is 5.69 Å². The van der Waals surface area contributed by atoms with Gasteiger partial charge in [0.25, 0.3) is 10.0 Å². The number of aryl methyl sites for hydroxylation is 1. The highest BCUT2D eigenvalue weighted by molar-refractivity contribution is 7.92. The van der Waals surface area contributed by atoms with Crippen molar-refractivity contribution in [3.05, 3.63) is 58.6 Å². The normalized spacial score (nSPS) is 11.8. The molecule has 0 atom stereocenters. The molecular formula is C18H22ClNO3S. The molecule has 24 heavy (non-hydrogen) atoms. The van der Waals surface area contributed by atoms with Crippen LogP contribution in [0.1, 0.15) is 25.0 Å². The lowest BCUT2D eigenvalue weighted by Gasteiger charge is -2.28. The third-order valence-electron chi connectivity index (χ3n) is 3.63. The van der Waals surface area contributed by atoms with E-state index < -0.39 is 10.0 Å². The summed E-state index contributed by atoms with van der Waals surface area (Å²) in [5, 5.41) is 10.0. The number of hydrogen-bond donors (Lipinski definition) is 1. The summed E-state index contributed by atoms with van der Waals surface area (Å²) in [5.74, 6) is 0.107. The van der Waals surface area contributed by atoms with Crippen molar-refractivity contribution >= 4 is 27.3 Å². The number of aliphatic hydroxyl groups excluding tert-OH is 1. The van der Waals surface area contributed by atoms with Crippen LogP contribution >= 0.6 is 11.6 Å². The largest absolute Gasteiger partial charge is 0.392 e. The molecule has 0 aliphatic carbocycles. The summed E-state index contributed by atoms with van der Waals surface area (Å²) in [7, 11) is -3.75. The van der Waals surface area contributed by atoms with E-state index in [9.17, 15) is 13.5 Å². The second kappa shape index (κ2) is 7.55. The molecular weight excluding hydrogens is 346 g/mol. The second-order valence-corrected chi connectivity index (χ2v) is 8.47. The fraction of sp³-hybridized carbons (Fsp3) is 0.333. The van der Waals surface area contributed by atoms with Gasteiger partial charge in [-0.15, -0.1) is 0 Å². The first-order valence-corrected chi connectivity index (χ1v) is 9.56. The topological polar surface area (TPSA) is 57.6 Å². The van der Waals surface area contributed by atoms with Crippen molar-refractivity contribution in [2.45, 2.75) is 32.3 Å². The Morgan fingerprint density at radius 2 is 1.75 bits per heavy atom. The zero-order chi connectivity index (χ0) is 17.9. The van der Waals surface area contributed by atoms with Gasteiger partial charge in [-0.05, 0) is 37.1 Å². The Bertz CT molecular complexity index is 802. The van der Waals surface area contributed by atoms with Gasteiger partial charge >= 0.3 is 0 Å². The number of rotatable bonds is 6. The molecule has 2 rings (SSSR count). The molecule has 0 saturated heterocycles. The Morgan fingerprint density at radius 3 is 2.29 bits per heavy atom. The maximum atomic E-state index is 13.2. The fourth-order valence-electron chi connectivity index (χ4n) is 2.40. The number of halogens is 1. The average Bonchev–Trinajstić information content (AvgIpc) is 2.52. The van der Waals surface area contributed by atoms with Crippen LogP contribution in [0.3, 0.4) is 0 Å². The molecule has 0 radical (unpaired) electrons. The molecule has 0 aliphatic rings. The van der Waals surface area contributed by atoms with Crippen LogP contribution in [-0.4, -0.2) is 20.1 Å². The molecule has 0 bridgehead atoms. The van der Waals surface area contributed by atoms with Gasteiger partial charge in [0.05, 0.1) is 17.2 Å². The molecule has 130 valence electrons. The number of nitrogens with zero attached hydrogens (tertiary/aromatic N) is 1. The summed E-state index contributed by atoms with van der Waals surface area (Å²) in [6.45, 7) is 5.83. The molecule has 0 spiro atoms. The summed E-state index contributed by atoms with van der Waals surface area (Å²) in [4.78, 5) is 0.220. The van der Waals surface area contributed by atoms with Crippen LogP contribution in [0.5, 0.6) is 0 Å². The van der Waals surface area contributed by atoms with Gasteiger partial charge in [-0.1, -0.05) is 49.2 Å². The van der Waals surface area contributed by atoms with Crippen LogP contribution in [0, 0.1) is 12.8 Å². The lowest BCUT2D eigenvalue weighted by atomic mass is 10.1. The van der Waals surface area contributed by atoms with E-state index in [1.807, 2.05) is 20.8 Å². The molecule has 4 nitrogen and oxygen atoms in total. The molecule has 0 heterocycles. The van der Waals surface area contributed by atoms with Crippen LogP contribution in [0.25, 0.3) is 0 Å².